The number of hydrogen-bond donors (Lipinski definition) is 0. The van der Waals surface area contributed by atoms with Crippen molar-refractivity contribution in [2.45, 2.75) is 52.4 Å². The molecule has 0 saturated heterocycles. The van der Waals surface area contributed by atoms with E-state index in [1.54, 1.807) is 0 Å². The molecule has 3 aliphatic rings. The van der Waals surface area contributed by atoms with Crippen LogP contribution in [0.15, 0.2) is 81.9 Å². The van der Waals surface area contributed by atoms with Crippen LogP contribution in [0.5, 0.6) is 0 Å². The minimum atomic E-state index is -2.91. The fourth-order valence-corrected chi connectivity index (χ4v) is 13.4. The summed E-state index contributed by atoms with van der Waals surface area (Å²) in [5, 5.41) is 5.23. The van der Waals surface area contributed by atoms with Crippen molar-refractivity contribution in [3.8, 4) is 0 Å². The highest BCUT2D eigenvalue weighted by Gasteiger charge is 2.67. The third-order valence-electron chi connectivity index (χ3n) is 6.47. The van der Waals surface area contributed by atoms with E-state index in [-0.39, 0.29) is 10.8 Å². The zero-order chi connectivity index (χ0) is 21.7. The first kappa shape index (κ1) is 20.0. The van der Waals surface area contributed by atoms with Crippen LogP contribution in [0.2, 0.25) is 0 Å². The van der Waals surface area contributed by atoms with E-state index in [1.807, 2.05) is 48.6 Å². The molecule has 0 aliphatic carbocycles. The first-order chi connectivity index (χ1) is 13.9. The predicted molar refractivity (Wildman–Crippen MR) is 128 cm³/mol. The van der Waals surface area contributed by atoms with Crippen molar-refractivity contribution in [2.75, 3.05) is 0 Å². The smallest absolute Gasteiger partial charge is 0.174 e. The summed E-state index contributed by atoms with van der Waals surface area (Å²) in [4.78, 5) is 0. The Morgan fingerprint density at radius 3 is 1.33 bits per heavy atom. The summed E-state index contributed by atoms with van der Waals surface area (Å²) in [6, 6.07) is 16.2. The van der Waals surface area contributed by atoms with Gasteiger partial charge in [-0.2, -0.15) is 0 Å². The highest BCUT2D eigenvalue weighted by molar-refractivity contribution is 7.95. The van der Waals surface area contributed by atoms with Crippen LogP contribution in [-0.2, 0) is 20.0 Å². The maximum atomic E-state index is 14.5. The lowest BCUT2D eigenvalue weighted by molar-refractivity contribution is 0.580. The number of benzene rings is 2. The van der Waals surface area contributed by atoms with Gasteiger partial charge in [-0.1, -0.05) is 90.1 Å². The Hall–Kier alpha value is -1.88. The fraction of sp³-hybridized carbons (Fsp3) is 0.308. The van der Waals surface area contributed by atoms with E-state index < -0.39 is 14.3 Å². The lowest BCUT2D eigenvalue weighted by Gasteiger charge is -2.29. The average Bonchev–Trinajstić information content (AvgIpc) is 3.07. The minimum absolute atomic E-state index is 0.101. The van der Waals surface area contributed by atoms with E-state index in [2.05, 4.69) is 53.7 Å². The number of fused-ring (bicyclic) bond motifs is 4. The molecule has 0 N–H and O–H groups in total. The van der Waals surface area contributed by atoms with Crippen LogP contribution in [-0.4, -0.2) is 0 Å². The Kier molecular flexibility index (Phi) is 3.93. The largest absolute Gasteiger partial charge is 0.309 e. The molecule has 0 atom stereocenters. The van der Waals surface area contributed by atoms with E-state index in [4.69, 9.17) is 0 Å². The summed E-state index contributed by atoms with van der Waals surface area (Å²) in [6.07, 6.45) is 3.93. The van der Waals surface area contributed by atoms with Crippen molar-refractivity contribution in [1.82, 2.24) is 0 Å². The van der Waals surface area contributed by atoms with E-state index in [0.29, 0.717) is 0 Å². The molecule has 0 unspecified atom stereocenters. The summed E-state index contributed by atoms with van der Waals surface area (Å²) in [6.45, 7) is 12.9. The topological polar surface area (TPSA) is 34.1 Å². The molecule has 0 saturated carbocycles. The Balaban J connectivity index is 1.64. The van der Waals surface area contributed by atoms with Crippen LogP contribution in [0.4, 0.5) is 0 Å². The van der Waals surface area contributed by atoms with Gasteiger partial charge in [0.05, 0.1) is 0 Å². The second-order valence-electron chi connectivity index (χ2n) is 10.6. The molecule has 30 heavy (non-hydrogen) atoms. The van der Waals surface area contributed by atoms with Crippen molar-refractivity contribution in [1.29, 1.82) is 0 Å². The molecule has 5 rings (SSSR count). The summed E-state index contributed by atoms with van der Waals surface area (Å²) < 4.78 is 28.9. The molecule has 2 bridgehead atoms. The van der Waals surface area contributed by atoms with E-state index in [1.165, 1.54) is 0 Å². The first-order valence-electron chi connectivity index (χ1n) is 10.5. The molecule has 2 aromatic carbocycles. The average molecular weight is 434 g/mol. The van der Waals surface area contributed by atoms with Gasteiger partial charge in [-0.3, -0.25) is 0 Å². The van der Waals surface area contributed by atoms with Crippen molar-refractivity contribution in [2.24, 2.45) is 0 Å². The van der Waals surface area contributed by atoms with Crippen molar-refractivity contribution in [3.63, 3.8) is 0 Å². The van der Waals surface area contributed by atoms with Crippen LogP contribution in [0.1, 0.15) is 52.7 Å². The number of rotatable bonds is 2. The van der Waals surface area contributed by atoms with Gasteiger partial charge in [0.25, 0.3) is 0 Å². The lowest BCUT2D eigenvalue weighted by atomic mass is 9.87. The Bertz CT molecular complexity index is 1260. The Morgan fingerprint density at radius 2 is 0.933 bits per heavy atom. The van der Waals surface area contributed by atoms with Gasteiger partial charge in [-0.25, -0.2) is 0 Å². The maximum absolute atomic E-state index is 14.5. The molecule has 154 valence electrons. The first-order valence-corrected chi connectivity index (χ1v) is 13.9. The number of hydrogen-bond acceptors (Lipinski definition) is 2. The zero-order valence-electron chi connectivity index (χ0n) is 18.5. The van der Waals surface area contributed by atoms with Crippen LogP contribution < -0.4 is 10.6 Å². The van der Waals surface area contributed by atoms with Crippen molar-refractivity contribution < 1.29 is 9.13 Å². The van der Waals surface area contributed by atoms with Gasteiger partial charge in [-0.15, -0.1) is 0 Å². The van der Waals surface area contributed by atoms with E-state index in [9.17, 15) is 9.13 Å². The molecule has 0 spiro atoms. The summed E-state index contributed by atoms with van der Waals surface area (Å²) in [5.74, 6) is 0. The van der Waals surface area contributed by atoms with Gasteiger partial charge >= 0.3 is 0 Å². The monoisotopic (exact) mass is 434 g/mol. The van der Waals surface area contributed by atoms with Crippen LogP contribution in [0, 0.1) is 0 Å². The standard InChI is InChI=1S/C26H28O2P2/c1-25(2,3)17-11-7-9-13-19(17)29(27)21-15-16-22(29)24-23(21)30(24,28)20-14-10-8-12-18(20)26(4,5)6/h7-16H,1-6H3. The second-order valence-corrected chi connectivity index (χ2v) is 15.8. The van der Waals surface area contributed by atoms with Gasteiger partial charge in [0.15, 0.2) is 14.3 Å². The summed E-state index contributed by atoms with van der Waals surface area (Å²) in [7, 11) is -5.71. The van der Waals surface area contributed by atoms with Crippen LogP contribution in [0.25, 0.3) is 0 Å². The fourth-order valence-electron chi connectivity index (χ4n) is 5.02. The third-order valence-corrected chi connectivity index (χ3v) is 13.0. The van der Waals surface area contributed by atoms with Crippen molar-refractivity contribution >= 4 is 24.9 Å². The zero-order valence-corrected chi connectivity index (χ0v) is 20.3. The molecule has 2 nitrogen and oxygen atoms in total. The Labute approximate surface area is 179 Å². The van der Waals surface area contributed by atoms with Gasteiger partial charge in [0.1, 0.15) is 0 Å². The minimum Gasteiger partial charge on any atom is -0.309 e. The number of allylic oxidation sites excluding steroid dienone is 6. The molecule has 4 heteroatoms. The van der Waals surface area contributed by atoms with Gasteiger partial charge in [0, 0.05) is 31.9 Å². The highest BCUT2D eigenvalue weighted by atomic mass is 31.2. The highest BCUT2D eigenvalue weighted by Crippen LogP contribution is 2.95. The summed E-state index contributed by atoms with van der Waals surface area (Å²) >= 11 is 0. The molecule has 0 radical (unpaired) electrons. The normalized spacial score (nSPS) is 20.7. The lowest BCUT2D eigenvalue weighted by Crippen LogP contribution is -2.24. The molecular weight excluding hydrogens is 406 g/mol. The van der Waals surface area contributed by atoms with Crippen molar-refractivity contribution in [3.05, 3.63) is 93.1 Å². The van der Waals surface area contributed by atoms with E-state index in [0.717, 1.165) is 43.0 Å². The van der Waals surface area contributed by atoms with Crippen LogP contribution >= 0.6 is 14.3 Å². The van der Waals surface area contributed by atoms with Gasteiger partial charge in [-0.05, 0) is 34.1 Å². The molecule has 0 aromatic heterocycles. The molecule has 3 aliphatic heterocycles. The second kappa shape index (κ2) is 5.87. The maximum Gasteiger partial charge on any atom is 0.174 e. The quantitative estimate of drug-likeness (QED) is 0.478. The predicted octanol–water partition coefficient (Wildman–Crippen LogP) is 6.98. The van der Waals surface area contributed by atoms with Gasteiger partial charge in [0.2, 0.25) is 0 Å². The molecule has 2 aromatic rings. The van der Waals surface area contributed by atoms with Gasteiger partial charge < -0.3 is 9.13 Å². The molecule has 3 heterocycles. The Morgan fingerprint density at radius 1 is 0.567 bits per heavy atom. The SMILES string of the molecule is CC(C)(C)c1ccccc1P1(=O)C2=CC=C1C1=C2P1(=O)c1ccccc1C(C)(C)C. The van der Waals surface area contributed by atoms with Crippen LogP contribution in [0.3, 0.4) is 0 Å². The molecular formula is C26H28O2P2. The van der Waals surface area contributed by atoms with E-state index >= 15 is 0 Å². The molecule has 0 fully saturated rings. The third kappa shape index (κ3) is 2.39. The summed E-state index contributed by atoms with van der Waals surface area (Å²) in [5.41, 5.74) is 2.02. The molecule has 0 amide bonds.